The molecule has 0 unspecified atom stereocenters. The molecule has 1 rings (SSSR count). The second-order valence-corrected chi connectivity index (χ2v) is 3.35. The van der Waals surface area contributed by atoms with Crippen LogP contribution >= 0.6 is 0 Å². The number of hydrogen-bond acceptors (Lipinski definition) is 0. The van der Waals surface area contributed by atoms with Gasteiger partial charge in [0.1, 0.15) is 5.82 Å². The molecular weight excluding hydrogens is 162 g/mol. The van der Waals surface area contributed by atoms with E-state index in [0.717, 1.165) is 17.3 Å². The molecule has 0 bridgehead atoms. The van der Waals surface area contributed by atoms with Crippen LogP contribution in [0.2, 0.25) is 6.32 Å². The summed E-state index contributed by atoms with van der Waals surface area (Å²) < 4.78 is 12.8. The van der Waals surface area contributed by atoms with Crippen molar-refractivity contribution in [1.82, 2.24) is 0 Å². The summed E-state index contributed by atoms with van der Waals surface area (Å²) in [6.07, 6.45) is 3.40. The zero-order valence-electron chi connectivity index (χ0n) is 8.31. The van der Waals surface area contributed by atoms with Crippen molar-refractivity contribution in [2.24, 2.45) is 0 Å². The van der Waals surface area contributed by atoms with Crippen molar-refractivity contribution in [1.29, 1.82) is 0 Å². The van der Waals surface area contributed by atoms with Crippen LogP contribution in [-0.2, 0) is 0 Å². The molecule has 0 saturated carbocycles. The van der Waals surface area contributed by atoms with Gasteiger partial charge in [-0.15, -0.1) is 0 Å². The lowest BCUT2D eigenvalue weighted by molar-refractivity contribution is 0.628. The maximum Gasteiger partial charge on any atom is 0.119 e. The second kappa shape index (κ2) is 5.06. The molecule has 0 N–H and O–H groups in total. The number of hydrogen-bond donors (Lipinski definition) is 0. The van der Waals surface area contributed by atoms with Gasteiger partial charge in [0.2, 0.25) is 0 Å². The summed E-state index contributed by atoms with van der Waals surface area (Å²) in [7, 11) is 2.11. The van der Waals surface area contributed by atoms with E-state index in [2.05, 4.69) is 14.2 Å². The minimum atomic E-state index is -0.145. The van der Waals surface area contributed by atoms with Gasteiger partial charge in [-0.25, -0.2) is 10.7 Å². The number of aryl methyl sites for hydroxylation is 1. The lowest BCUT2D eigenvalue weighted by atomic mass is 9.64. The van der Waals surface area contributed by atoms with Crippen LogP contribution in [0.5, 0.6) is 0 Å². The zero-order valence-corrected chi connectivity index (χ0v) is 8.31. The van der Waals surface area contributed by atoms with Gasteiger partial charge in [-0.1, -0.05) is 37.5 Å². The molecule has 0 saturated heterocycles. The highest BCUT2D eigenvalue weighted by atomic mass is 19.1. The van der Waals surface area contributed by atoms with E-state index in [1.165, 1.54) is 18.9 Å². The van der Waals surface area contributed by atoms with Crippen LogP contribution in [-0.4, -0.2) is 7.28 Å². The fraction of sp³-hybridized carbons (Fsp3) is 0.455. The van der Waals surface area contributed by atoms with E-state index < -0.39 is 0 Å². The SMILES string of the molecule is CCCC[B-]c1cc(F)ccc1C. The molecule has 0 spiro atoms. The molecule has 0 aliphatic heterocycles. The Labute approximate surface area is 80.4 Å². The number of benzene rings is 1. The van der Waals surface area contributed by atoms with Crippen LogP contribution in [0.3, 0.4) is 0 Å². The molecule has 0 aliphatic carbocycles. The van der Waals surface area contributed by atoms with E-state index in [1.54, 1.807) is 6.07 Å². The van der Waals surface area contributed by atoms with Crippen molar-refractivity contribution in [3.63, 3.8) is 0 Å². The molecule has 0 heterocycles. The van der Waals surface area contributed by atoms with Gasteiger partial charge in [0, 0.05) is 0 Å². The third-order valence-corrected chi connectivity index (χ3v) is 2.16. The van der Waals surface area contributed by atoms with Crippen LogP contribution in [0.1, 0.15) is 25.3 Å². The molecular formula is C11H15BF-. The van der Waals surface area contributed by atoms with Gasteiger partial charge >= 0.3 is 0 Å². The number of rotatable bonds is 4. The molecule has 0 fully saturated rings. The summed E-state index contributed by atoms with van der Waals surface area (Å²) in [6.45, 7) is 4.17. The molecule has 0 nitrogen and oxygen atoms in total. The average Bonchev–Trinajstić information content (AvgIpc) is 2.11. The minimum absolute atomic E-state index is 0.145. The minimum Gasteiger partial charge on any atom is -0.296 e. The van der Waals surface area contributed by atoms with Crippen molar-refractivity contribution in [2.45, 2.75) is 33.0 Å². The van der Waals surface area contributed by atoms with Gasteiger partial charge in [0.05, 0.1) is 0 Å². The number of unbranched alkanes of at least 4 members (excludes halogenated alkanes) is 1. The quantitative estimate of drug-likeness (QED) is 0.489. The van der Waals surface area contributed by atoms with Crippen LogP contribution in [0.4, 0.5) is 4.39 Å². The Bertz CT molecular complexity index is 271. The van der Waals surface area contributed by atoms with Gasteiger partial charge in [-0.3, -0.25) is 12.7 Å². The highest BCUT2D eigenvalue weighted by Gasteiger charge is 1.89. The smallest absolute Gasteiger partial charge is 0.119 e. The lowest BCUT2D eigenvalue weighted by Crippen LogP contribution is -2.17. The summed E-state index contributed by atoms with van der Waals surface area (Å²) in [6, 6.07) is 4.94. The first kappa shape index (κ1) is 10.3. The van der Waals surface area contributed by atoms with E-state index >= 15 is 0 Å². The molecule has 0 aromatic heterocycles. The summed E-state index contributed by atoms with van der Waals surface area (Å²) in [5.74, 6) is -0.145. The van der Waals surface area contributed by atoms with E-state index in [-0.39, 0.29) is 5.82 Å². The van der Waals surface area contributed by atoms with Gasteiger partial charge in [-0.2, -0.15) is 0 Å². The third-order valence-electron chi connectivity index (χ3n) is 2.16. The first-order valence-corrected chi connectivity index (χ1v) is 4.83. The summed E-state index contributed by atoms with van der Waals surface area (Å²) in [5, 5.41) is 0. The largest absolute Gasteiger partial charge is 0.296 e. The normalized spacial score (nSPS) is 10.4. The predicted octanol–water partition coefficient (Wildman–Crippen LogP) is 2.68. The Morgan fingerprint density at radius 3 is 2.85 bits per heavy atom. The first-order valence-electron chi connectivity index (χ1n) is 4.83. The Morgan fingerprint density at radius 1 is 1.38 bits per heavy atom. The van der Waals surface area contributed by atoms with Gasteiger partial charge in [-0.05, 0) is 13.0 Å². The molecule has 0 amide bonds. The van der Waals surface area contributed by atoms with E-state index in [9.17, 15) is 4.39 Å². The fourth-order valence-electron chi connectivity index (χ4n) is 1.29. The highest BCUT2D eigenvalue weighted by Crippen LogP contribution is 2.00. The summed E-state index contributed by atoms with van der Waals surface area (Å²) in [5.41, 5.74) is 2.19. The van der Waals surface area contributed by atoms with Gasteiger partial charge < -0.3 is 0 Å². The number of halogens is 1. The first-order chi connectivity index (χ1) is 6.24. The molecule has 1 aromatic rings. The average molecular weight is 177 g/mol. The molecule has 2 heteroatoms. The summed E-state index contributed by atoms with van der Waals surface area (Å²) in [4.78, 5) is 0. The van der Waals surface area contributed by atoms with Crippen molar-refractivity contribution in [3.05, 3.63) is 29.6 Å². The predicted molar refractivity (Wildman–Crippen MR) is 56.2 cm³/mol. The lowest BCUT2D eigenvalue weighted by Gasteiger charge is -2.18. The van der Waals surface area contributed by atoms with E-state index in [1.807, 2.05) is 13.0 Å². The molecule has 0 atom stereocenters. The maximum atomic E-state index is 12.8. The second-order valence-electron chi connectivity index (χ2n) is 3.35. The Kier molecular flexibility index (Phi) is 4.00. The standard InChI is InChI=1S/C11H15BF/c1-3-4-7-12-11-8-10(13)6-5-9(11)2/h5-6,8H,3-4,7H2,1-2H3/q-1. The van der Waals surface area contributed by atoms with Crippen molar-refractivity contribution in [3.8, 4) is 0 Å². The van der Waals surface area contributed by atoms with E-state index in [0.29, 0.717) is 0 Å². The Morgan fingerprint density at radius 2 is 2.15 bits per heavy atom. The fourth-order valence-corrected chi connectivity index (χ4v) is 1.29. The van der Waals surface area contributed by atoms with Crippen LogP contribution in [0.15, 0.2) is 18.2 Å². The van der Waals surface area contributed by atoms with Crippen LogP contribution in [0, 0.1) is 12.7 Å². The van der Waals surface area contributed by atoms with E-state index in [4.69, 9.17) is 0 Å². The molecule has 2 radical (unpaired) electrons. The molecule has 0 aliphatic rings. The Hall–Kier alpha value is -0.785. The summed E-state index contributed by atoms with van der Waals surface area (Å²) >= 11 is 0. The van der Waals surface area contributed by atoms with Crippen LogP contribution in [0.25, 0.3) is 0 Å². The molecule has 1 aromatic carbocycles. The Balaban J connectivity index is 2.59. The van der Waals surface area contributed by atoms with Crippen molar-refractivity contribution in [2.75, 3.05) is 0 Å². The van der Waals surface area contributed by atoms with Gasteiger partial charge in [0.25, 0.3) is 0 Å². The van der Waals surface area contributed by atoms with Crippen LogP contribution < -0.4 is 5.46 Å². The zero-order chi connectivity index (χ0) is 9.68. The van der Waals surface area contributed by atoms with Crippen molar-refractivity contribution >= 4 is 12.7 Å². The molecule has 13 heavy (non-hydrogen) atoms. The maximum absolute atomic E-state index is 12.8. The topological polar surface area (TPSA) is 0 Å². The molecule has 70 valence electrons. The monoisotopic (exact) mass is 177 g/mol. The highest BCUT2D eigenvalue weighted by molar-refractivity contribution is 6.53. The van der Waals surface area contributed by atoms with Crippen molar-refractivity contribution < 1.29 is 4.39 Å². The third kappa shape index (κ3) is 3.21. The van der Waals surface area contributed by atoms with Gasteiger partial charge in [0.15, 0.2) is 0 Å².